The minimum atomic E-state index is -3.61. The van der Waals surface area contributed by atoms with Gasteiger partial charge in [-0.2, -0.15) is 4.31 Å². The lowest BCUT2D eigenvalue weighted by Crippen LogP contribution is -2.58. The predicted octanol–water partition coefficient (Wildman–Crippen LogP) is 3.40. The van der Waals surface area contributed by atoms with Crippen LogP contribution in [0.4, 0.5) is 0 Å². The standard InChI is InChI=1S/C25H39N3O4S/c1-20-17-28(18-21(2)32-20)33(30,31)23-11-9-22(10-12-23)24(29)26-19-25(13-5-3-6-14-25)27-15-7-4-8-16-27/h9-12,20-21H,3-8,13-19H2,1-2H3,(H,26,29)/t20-,21-/m1/s1. The Morgan fingerprint density at radius 2 is 1.55 bits per heavy atom. The molecular formula is C25H39N3O4S. The summed E-state index contributed by atoms with van der Waals surface area (Å²) in [6.07, 6.45) is 9.51. The van der Waals surface area contributed by atoms with Crippen LogP contribution in [0.15, 0.2) is 29.2 Å². The second kappa shape index (κ2) is 10.4. The third-order valence-corrected chi connectivity index (χ3v) is 9.38. The number of nitrogens with zero attached hydrogens (tertiary/aromatic N) is 2. The highest BCUT2D eigenvalue weighted by molar-refractivity contribution is 7.89. The molecule has 1 amide bonds. The van der Waals surface area contributed by atoms with Crippen molar-refractivity contribution < 1.29 is 17.9 Å². The van der Waals surface area contributed by atoms with E-state index in [1.54, 1.807) is 24.3 Å². The average Bonchev–Trinajstić information content (AvgIpc) is 2.83. The maximum Gasteiger partial charge on any atom is 0.251 e. The van der Waals surface area contributed by atoms with Crippen LogP contribution >= 0.6 is 0 Å². The van der Waals surface area contributed by atoms with Crippen molar-refractivity contribution in [1.29, 1.82) is 0 Å². The summed E-state index contributed by atoms with van der Waals surface area (Å²) in [6, 6.07) is 6.36. The Balaban J connectivity index is 1.41. The van der Waals surface area contributed by atoms with Crippen LogP contribution in [0.3, 0.4) is 0 Å². The fourth-order valence-electron chi connectivity index (χ4n) is 5.78. The van der Waals surface area contributed by atoms with Gasteiger partial charge in [0.2, 0.25) is 10.0 Å². The fraction of sp³-hybridized carbons (Fsp3) is 0.720. The molecule has 1 aromatic carbocycles. The smallest absolute Gasteiger partial charge is 0.251 e. The van der Waals surface area contributed by atoms with Gasteiger partial charge in [0.25, 0.3) is 5.91 Å². The van der Waals surface area contributed by atoms with Crippen LogP contribution in [0, 0.1) is 0 Å². The Morgan fingerprint density at radius 3 is 2.15 bits per heavy atom. The van der Waals surface area contributed by atoms with Gasteiger partial charge in [0, 0.05) is 30.7 Å². The largest absolute Gasteiger partial charge is 0.373 e. The first-order valence-corrected chi connectivity index (χ1v) is 14.0. The molecule has 1 saturated carbocycles. The fourth-order valence-corrected chi connectivity index (χ4v) is 7.37. The Kier molecular flexibility index (Phi) is 7.78. The van der Waals surface area contributed by atoms with E-state index >= 15 is 0 Å². The number of carbonyl (C=O) groups excluding carboxylic acids is 1. The molecule has 2 heterocycles. The molecule has 0 spiro atoms. The minimum Gasteiger partial charge on any atom is -0.373 e. The van der Waals surface area contributed by atoms with Crippen LogP contribution in [0.25, 0.3) is 0 Å². The van der Waals surface area contributed by atoms with Crippen LogP contribution in [0.5, 0.6) is 0 Å². The molecule has 1 N–H and O–H groups in total. The zero-order valence-electron chi connectivity index (χ0n) is 20.1. The molecule has 3 fully saturated rings. The number of amides is 1. The summed E-state index contributed by atoms with van der Waals surface area (Å²) in [5, 5.41) is 3.18. The molecule has 0 radical (unpaired) electrons. The van der Waals surface area contributed by atoms with E-state index in [1.165, 1.54) is 42.8 Å². The maximum atomic E-state index is 13.1. The predicted molar refractivity (Wildman–Crippen MR) is 129 cm³/mol. The van der Waals surface area contributed by atoms with Gasteiger partial charge in [-0.15, -0.1) is 0 Å². The van der Waals surface area contributed by atoms with Gasteiger partial charge in [0.05, 0.1) is 17.1 Å². The van der Waals surface area contributed by atoms with Gasteiger partial charge in [0.1, 0.15) is 0 Å². The highest BCUT2D eigenvalue weighted by Crippen LogP contribution is 2.35. The maximum absolute atomic E-state index is 13.1. The van der Waals surface area contributed by atoms with Gasteiger partial charge in [-0.25, -0.2) is 8.42 Å². The van der Waals surface area contributed by atoms with Gasteiger partial charge in [0.15, 0.2) is 0 Å². The molecule has 8 heteroatoms. The van der Waals surface area contributed by atoms with Crippen molar-refractivity contribution in [3.63, 3.8) is 0 Å². The van der Waals surface area contributed by atoms with Gasteiger partial charge >= 0.3 is 0 Å². The molecule has 0 bridgehead atoms. The first kappa shape index (κ1) is 24.6. The van der Waals surface area contributed by atoms with Crippen molar-refractivity contribution in [3.05, 3.63) is 29.8 Å². The molecule has 7 nitrogen and oxygen atoms in total. The van der Waals surface area contributed by atoms with E-state index in [1.807, 2.05) is 13.8 Å². The van der Waals surface area contributed by atoms with Crippen molar-refractivity contribution in [2.45, 2.75) is 87.9 Å². The highest BCUT2D eigenvalue weighted by Gasteiger charge is 2.38. The number of rotatable bonds is 6. The Bertz CT molecular complexity index is 896. The number of piperidine rings is 1. The van der Waals surface area contributed by atoms with E-state index in [9.17, 15) is 13.2 Å². The molecule has 3 aliphatic rings. The topological polar surface area (TPSA) is 79.0 Å². The third kappa shape index (κ3) is 5.61. The number of hydrogen-bond donors (Lipinski definition) is 1. The summed E-state index contributed by atoms with van der Waals surface area (Å²) in [4.78, 5) is 15.8. The molecule has 4 rings (SSSR count). The minimum absolute atomic E-state index is 0.0708. The van der Waals surface area contributed by atoms with E-state index in [0.717, 1.165) is 25.9 Å². The third-order valence-electron chi connectivity index (χ3n) is 7.53. The van der Waals surface area contributed by atoms with Crippen LogP contribution in [0.1, 0.15) is 75.6 Å². The summed E-state index contributed by atoms with van der Waals surface area (Å²) in [7, 11) is -3.61. The first-order valence-electron chi connectivity index (χ1n) is 12.6. The molecule has 184 valence electrons. The number of likely N-dealkylation sites (tertiary alicyclic amines) is 1. The van der Waals surface area contributed by atoms with Crippen LogP contribution in [-0.2, 0) is 14.8 Å². The van der Waals surface area contributed by atoms with Crippen molar-refractivity contribution in [1.82, 2.24) is 14.5 Å². The van der Waals surface area contributed by atoms with E-state index in [4.69, 9.17) is 4.74 Å². The zero-order valence-corrected chi connectivity index (χ0v) is 20.9. The lowest BCUT2D eigenvalue weighted by molar-refractivity contribution is -0.0440. The van der Waals surface area contributed by atoms with E-state index < -0.39 is 10.0 Å². The number of sulfonamides is 1. The average molecular weight is 478 g/mol. The van der Waals surface area contributed by atoms with Gasteiger partial charge < -0.3 is 10.1 Å². The molecule has 0 aromatic heterocycles. The molecule has 33 heavy (non-hydrogen) atoms. The quantitative estimate of drug-likeness (QED) is 0.679. The number of ether oxygens (including phenoxy) is 1. The Hall–Kier alpha value is -1.48. The summed E-state index contributed by atoms with van der Waals surface area (Å²) < 4.78 is 33.3. The molecular weight excluding hydrogens is 438 g/mol. The van der Waals surface area contributed by atoms with Gasteiger partial charge in [-0.3, -0.25) is 9.69 Å². The van der Waals surface area contributed by atoms with E-state index in [0.29, 0.717) is 25.2 Å². The molecule has 2 atom stereocenters. The molecule has 1 aliphatic carbocycles. The number of hydrogen-bond acceptors (Lipinski definition) is 5. The lowest BCUT2D eigenvalue weighted by atomic mass is 9.79. The van der Waals surface area contributed by atoms with Crippen LogP contribution in [0.2, 0.25) is 0 Å². The molecule has 1 aromatic rings. The number of nitrogens with one attached hydrogen (secondary N) is 1. The van der Waals surface area contributed by atoms with Gasteiger partial charge in [-0.1, -0.05) is 25.7 Å². The Labute approximate surface area is 198 Å². The number of carbonyl (C=O) groups is 1. The van der Waals surface area contributed by atoms with Crippen molar-refractivity contribution >= 4 is 15.9 Å². The summed E-state index contributed by atoms with van der Waals surface area (Å²) >= 11 is 0. The number of benzene rings is 1. The van der Waals surface area contributed by atoms with E-state index in [-0.39, 0.29) is 28.5 Å². The van der Waals surface area contributed by atoms with Crippen LogP contribution < -0.4 is 5.32 Å². The molecule has 2 aliphatic heterocycles. The van der Waals surface area contributed by atoms with Crippen molar-refractivity contribution in [2.24, 2.45) is 0 Å². The van der Waals surface area contributed by atoms with Gasteiger partial charge in [-0.05, 0) is 76.9 Å². The second-order valence-corrected chi connectivity index (χ2v) is 12.1. The normalized spacial score (nSPS) is 27.2. The second-order valence-electron chi connectivity index (χ2n) is 10.1. The Morgan fingerprint density at radius 1 is 0.970 bits per heavy atom. The van der Waals surface area contributed by atoms with Crippen LogP contribution in [-0.4, -0.2) is 74.0 Å². The highest BCUT2D eigenvalue weighted by atomic mass is 32.2. The van der Waals surface area contributed by atoms with Crippen molar-refractivity contribution in [3.8, 4) is 0 Å². The zero-order chi connectivity index (χ0) is 23.5. The lowest BCUT2D eigenvalue weighted by Gasteiger charge is -2.48. The summed E-state index contributed by atoms with van der Waals surface area (Å²) in [5.74, 6) is -0.130. The van der Waals surface area contributed by atoms with Crippen molar-refractivity contribution in [2.75, 3.05) is 32.7 Å². The SMILES string of the molecule is C[C@@H]1CN(S(=O)(=O)c2ccc(C(=O)NCC3(N4CCCCC4)CCCCC3)cc2)C[C@@H](C)O1. The molecule has 0 unspecified atom stereocenters. The van der Waals surface area contributed by atoms with E-state index in [2.05, 4.69) is 10.2 Å². The number of morpholine rings is 1. The first-order chi connectivity index (χ1) is 15.8. The summed E-state index contributed by atoms with van der Waals surface area (Å²) in [6.45, 7) is 7.36. The monoisotopic (exact) mass is 477 g/mol. The molecule has 2 saturated heterocycles. The summed E-state index contributed by atoms with van der Waals surface area (Å²) in [5.41, 5.74) is 0.573.